The number of benzene rings is 4. The minimum absolute atomic E-state index is 1.12. The van der Waals surface area contributed by atoms with E-state index in [-0.39, 0.29) is 0 Å². The maximum atomic E-state index is 2.38. The molecule has 0 fully saturated rings. The average Bonchev–Trinajstić information content (AvgIpc) is 2.80. The van der Waals surface area contributed by atoms with Gasteiger partial charge >= 0.3 is 0 Å². The second-order valence-electron chi connectivity index (χ2n) is 8.63. The van der Waals surface area contributed by atoms with Crippen molar-refractivity contribution >= 4 is 23.2 Å². The Balaban J connectivity index is 1.83. The summed E-state index contributed by atoms with van der Waals surface area (Å²) in [7, 11) is -1.75. The second-order valence-corrected chi connectivity index (χ2v) is 12.2. The van der Waals surface area contributed by atoms with Gasteiger partial charge in [0.2, 0.25) is 0 Å². The van der Waals surface area contributed by atoms with E-state index in [0.717, 1.165) is 6.42 Å². The predicted molar refractivity (Wildman–Crippen MR) is 139 cm³/mol. The van der Waals surface area contributed by atoms with Crippen LogP contribution in [0.15, 0.2) is 103 Å². The van der Waals surface area contributed by atoms with Crippen LogP contribution in [0, 0.1) is 20.8 Å². The molecule has 0 aliphatic heterocycles. The molecule has 31 heavy (non-hydrogen) atoms. The smallest absolute Gasteiger partial charge is 0.0622 e. The highest BCUT2D eigenvalue weighted by Crippen LogP contribution is 2.56. The molecule has 0 aliphatic rings. The Morgan fingerprint density at radius 2 is 0.871 bits per heavy atom. The Kier molecular flexibility index (Phi) is 6.69. The van der Waals surface area contributed by atoms with E-state index in [1.54, 1.807) is 0 Å². The molecular weight excluding hydrogens is 391 g/mol. The van der Waals surface area contributed by atoms with Crippen LogP contribution in [0.2, 0.25) is 0 Å². The van der Waals surface area contributed by atoms with E-state index < -0.39 is 7.26 Å². The lowest BCUT2D eigenvalue weighted by Gasteiger charge is -2.28. The molecule has 0 atom stereocenters. The van der Waals surface area contributed by atoms with Gasteiger partial charge < -0.3 is 0 Å². The fraction of sp³-hybridized carbons (Fsp3) is 0.200. The van der Waals surface area contributed by atoms with Crippen LogP contribution in [-0.2, 0) is 6.42 Å². The fourth-order valence-corrected chi connectivity index (χ4v) is 8.67. The molecule has 4 aromatic carbocycles. The number of hydrogen-bond donors (Lipinski definition) is 0. The van der Waals surface area contributed by atoms with Gasteiger partial charge in [-0.1, -0.05) is 83.4 Å². The molecule has 1 heteroatoms. The van der Waals surface area contributed by atoms with Gasteiger partial charge in [0.25, 0.3) is 0 Å². The van der Waals surface area contributed by atoms with E-state index in [1.165, 1.54) is 50.8 Å². The van der Waals surface area contributed by atoms with Crippen molar-refractivity contribution in [2.75, 3.05) is 6.16 Å². The monoisotopic (exact) mass is 423 g/mol. The first kappa shape index (κ1) is 21.5. The summed E-state index contributed by atoms with van der Waals surface area (Å²) < 4.78 is 0. The molecule has 156 valence electrons. The minimum Gasteiger partial charge on any atom is -0.0622 e. The lowest BCUT2D eigenvalue weighted by Crippen LogP contribution is -2.33. The summed E-state index contributed by atoms with van der Waals surface area (Å²) >= 11 is 0. The van der Waals surface area contributed by atoms with Crippen LogP contribution in [0.1, 0.15) is 28.7 Å². The quantitative estimate of drug-likeness (QED) is 0.296. The van der Waals surface area contributed by atoms with Gasteiger partial charge in [-0.05, 0) is 75.6 Å². The molecule has 0 saturated carbocycles. The summed E-state index contributed by atoms with van der Waals surface area (Å²) in [4.78, 5) is 0. The van der Waals surface area contributed by atoms with Gasteiger partial charge in [-0.3, -0.25) is 0 Å². The van der Waals surface area contributed by atoms with Crippen molar-refractivity contribution in [3.05, 3.63) is 125 Å². The Labute approximate surface area is 188 Å². The summed E-state index contributed by atoms with van der Waals surface area (Å²) in [5.74, 6) is 0. The van der Waals surface area contributed by atoms with E-state index >= 15 is 0 Å². The zero-order chi connectivity index (χ0) is 21.7. The first-order chi connectivity index (χ1) is 15.1. The Morgan fingerprint density at radius 3 is 1.26 bits per heavy atom. The van der Waals surface area contributed by atoms with Gasteiger partial charge in [-0.15, -0.1) is 0 Å². The SMILES string of the molecule is Cc1ccc([P+](CCCc2ccccc2)(c2ccc(C)cc2)c2ccc(C)cc2)cc1. The summed E-state index contributed by atoms with van der Waals surface area (Å²) in [5.41, 5.74) is 5.38. The highest BCUT2D eigenvalue weighted by Gasteiger charge is 2.44. The van der Waals surface area contributed by atoms with Gasteiger partial charge in [-0.25, -0.2) is 0 Å². The van der Waals surface area contributed by atoms with E-state index in [2.05, 4.69) is 124 Å². The molecule has 0 amide bonds. The number of hydrogen-bond acceptors (Lipinski definition) is 0. The number of aryl methyl sites for hydroxylation is 4. The third-order valence-corrected chi connectivity index (χ3v) is 10.8. The summed E-state index contributed by atoms with van der Waals surface area (Å²) in [6, 6.07) is 38.9. The molecule has 4 rings (SSSR count). The van der Waals surface area contributed by atoms with Crippen molar-refractivity contribution in [2.24, 2.45) is 0 Å². The van der Waals surface area contributed by atoms with Crippen molar-refractivity contribution in [2.45, 2.75) is 33.6 Å². The maximum absolute atomic E-state index is 2.38. The lowest BCUT2D eigenvalue weighted by atomic mass is 10.1. The van der Waals surface area contributed by atoms with Crippen molar-refractivity contribution in [3.63, 3.8) is 0 Å². The zero-order valence-electron chi connectivity index (χ0n) is 18.9. The topological polar surface area (TPSA) is 0 Å². The third kappa shape index (κ3) is 4.81. The maximum Gasteiger partial charge on any atom is 0.112 e. The van der Waals surface area contributed by atoms with Crippen LogP contribution in [-0.4, -0.2) is 6.16 Å². The highest BCUT2D eigenvalue weighted by atomic mass is 31.2. The molecule has 4 aromatic rings. The van der Waals surface area contributed by atoms with Crippen LogP contribution >= 0.6 is 7.26 Å². The molecular formula is C30H32P+. The molecule has 0 saturated heterocycles. The average molecular weight is 424 g/mol. The van der Waals surface area contributed by atoms with Gasteiger partial charge in [0, 0.05) is 0 Å². The summed E-state index contributed by atoms with van der Waals surface area (Å²) in [5, 5.41) is 4.46. The molecule has 0 unspecified atom stereocenters. The standard InChI is InChI=1S/C30H32P/c1-24-11-17-28(18-12-24)31(29-19-13-25(2)14-20-29,30-21-15-26(3)16-22-30)23-7-10-27-8-5-4-6-9-27/h4-6,8-9,11-22H,7,10,23H2,1-3H3/q+1. The predicted octanol–water partition coefficient (Wildman–Crippen LogP) is 6.54. The van der Waals surface area contributed by atoms with Crippen molar-refractivity contribution < 1.29 is 0 Å². The summed E-state index contributed by atoms with van der Waals surface area (Å²) in [6.07, 6.45) is 3.47. The van der Waals surface area contributed by atoms with Crippen LogP contribution in [0.3, 0.4) is 0 Å². The third-order valence-electron chi connectivity index (χ3n) is 6.23. The minimum atomic E-state index is -1.75. The van der Waals surface area contributed by atoms with Gasteiger partial charge in [-0.2, -0.15) is 0 Å². The lowest BCUT2D eigenvalue weighted by molar-refractivity contribution is 0.928. The second kappa shape index (κ2) is 9.63. The first-order valence-corrected chi connectivity index (χ1v) is 13.2. The van der Waals surface area contributed by atoms with Crippen LogP contribution < -0.4 is 15.9 Å². The summed E-state index contributed by atoms with van der Waals surface area (Å²) in [6.45, 7) is 6.53. The molecule has 0 aromatic heterocycles. The van der Waals surface area contributed by atoms with Crippen LogP contribution in [0.25, 0.3) is 0 Å². The first-order valence-electron chi connectivity index (χ1n) is 11.2. The van der Waals surface area contributed by atoms with E-state index in [1.807, 2.05) is 0 Å². The van der Waals surface area contributed by atoms with Gasteiger partial charge in [0.05, 0.1) is 6.16 Å². The number of rotatable bonds is 7. The zero-order valence-corrected chi connectivity index (χ0v) is 19.8. The van der Waals surface area contributed by atoms with E-state index in [9.17, 15) is 0 Å². The van der Waals surface area contributed by atoms with E-state index in [4.69, 9.17) is 0 Å². The normalized spacial score (nSPS) is 11.5. The molecule has 0 bridgehead atoms. The highest BCUT2D eigenvalue weighted by molar-refractivity contribution is 7.95. The van der Waals surface area contributed by atoms with E-state index in [0.29, 0.717) is 0 Å². The van der Waals surface area contributed by atoms with Crippen molar-refractivity contribution in [3.8, 4) is 0 Å². The Bertz CT molecular complexity index is 981. The molecule has 0 aliphatic carbocycles. The van der Waals surface area contributed by atoms with Crippen molar-refractivity contribution in [1.82, 2.24) is 0 Å². The molecule has 0 radical (unpaired) electrons. The molecule has 0 N–H and O–H groups in total. The van der Waals surface area contributed by atoms with Gasteiger partial charge in [0.15, 0.2) is 0 Å². The van der Waals surface area contributed by atoms with Crippen molar-refractivity contribution in [1.29, 1.82) is 0 Å². The van der Waals surface area contributed by atoms with Gasteiger partial charge in [0.1, 0.15) is 23.2 Å². The fourth-order valence-electron chi connectivity index (χ4n) is 4.40. The molecule has 0 heterocycles. The van der Waals surface area contributed by atoms with Crippen LogP contribution in [0.4, 0.5) is 0 Å². The van der Waals surface area contributed by atoms with Crippen LogP contribution in [0.5, 0.6) is 0 Å². The Hall–Kier alpha value is -2.69. The molecule has 0 spiro atoms. The Morgan fingerprint density at radius 1 is 0.484 bits per heavy atom. The molecule has 0 nitrogen and oxygen atoms in total. The largest absolute Gasteiger partial charge is 0.112 e.